The molecular weight excluding hydrogens is 296 g/mol. The van der Waals surface area contributed by atoms with Crippen LogP contribution in [-0.4, -0.2) is 20.7 Å². The van der Waals surface area contributed by atoms with Gasteiger partial charge in [-0.2, -0.15) is 5.10 Å². The normalized spacial score (nSPS) is 10.6. The van der Waals surface area contributed by atoms with Crippen LogP contribution in [0.5, 0.6) is 0 Å². The summed E-state index contributed by atoms with van der Waals surface area (Å²) in [5, 5.41) is 9.65. The van der Waals surface area contributed by atoms with E-state index in [0.717, 1.165) is 17.0 Å². The summed E-state index contributed by atoms with van der Waals surface area (Å²) in [6.45, 7) is 4.72. The Morgan fingerprint density at radius 2 is 2.05 bits per heavy atom. The first-order chi connectivity index (χ1) is 10.6. The predicted molar refractivity (Wildman–Crippen MR) is 87.3 cm³/mol. The van der Waals surface area contributed by atoms with Gasteiger partial charge in [-0.3, -0.25) is 14.8 Å². The molecule has 0 unspecified atom stereocenters. The Balaban J connectivity index is 1.70. The highest BCUT2D eigenvalue weighted by molar-refractivity contribution is 7.13. The molecule has 1 N–H and O–H groups in total. The second kappa shape index (κ2) is 6.11. The topological polar surface area (TPSA) is 59.8 Å². The zero-order valence-electron chi connectivity index (χ0n) is 12.4. The lowest BCUT2D eigenvalue weighted by Crippen LogP contribution is -2.12. The number of carbonyl (C=O) groups excluding carboxylic acids is 1. The van der Waals surface area contributed by atoms with Crippen LogP contribution in [0.1, 0.15) is 27.3 Å². The van der Waals surface area contributed by atoms with Crippen LogP contribution in [0, 0.1) is 13.8 Å². The van der Waals surface area contributed by atoms with Crippen LogP contribution in [0.2, 0.25) is 0 Å². The van der Waals surface area contributed by atoms with E-state index in [1.54, 1.807) is 6.20 Å². The molecule has 0 fully saturated rings. The molecule has 0 radical (unpaired) electrons. The fourth-order valence-electron chi connectivity index (χ4n) is 2.22. The SMILES string of the molecule is Cc1cc(C)n(Cc2ccc(C(=O)Nc3nccs3)cc2)n1. The third-order valence-corrected chi connectivity index (χ3v) is 3.99. The highest BCUT2D eigenvalue weighted by Crippen LogP contribution is 2.13. The van der Waals surface area contributed by atoms with Gasteiger partial charge in [0, 0.05) is 22.8 Å². The first-order valence-corrected chi connectivity index (χ1v) is 7.80. The van der Waals surface area contributed by atoms with E-state index in [0.29, 0.717) is 17.2 Å². The number of carbonyl (C=O) groups is 1. The molecule has 0 aliphatic carbocycles. The summed E-state index contributed by atoms with van der Waals surface area (Å²) < 4.78 is 1.96. The molecule has 2 aromatic heterocycles. The molecule has 2 heterocycles. The van der Waals surface area contributed by atoms with Gasteiger partial charge in [0.15, 0.2) is 5.13 Å². The van der Waals surface area contributed by atoms with Gasteiger partial charge in [0.2, 0.25) is 0 Å². The Kier molecular flexibility index (Phi) is 4.02. The molecule has 1 aromatic carbocycles. The molecule has 0 saturated carbocycles. The lowest BCUT2D eigenvalue weighted by Gasteiger charge is -2.06. The van der Waals surface area contributed by atoms with Crippen LogP contribution in [0.3, 0.4) is 0 Å². The molecule has 0 atom stereocenters. The number of anilines is 1. The Morgan fingerprint density at radius 3 is 2.64 bits per heavy atom. The summed E-state index contributed by atoms with van der Waals surface area (Å²) in [6.07, 6.45) is 1.66. The molecule has 0 aliphatic heterocycles. The van der Waals surface area contributed by atoms with E-state index in [9.17, 15) is 4.79 Å². The molecule has 0 aliphatic rings. The van der Waals surface area contributed by atoms with Crippen molar-refractivity contribution in [3.8, 4) is 0 Å². The summed E-state index contributed by atoms with van der Waals surface area (Å²) in [7, 11) is 0. The zero-order valence-corrected chi connectivity index (χ0v) is 13.2. The average Bonchev–Trinajstić information content (AvgIpc) is 3.10. The maximum atomic E-state index is 12.1. The second-order valence-electron chi connectivity index (χ2n) is 5.07. The smallest absolute Gasteiger partial charge is 0.257 e. The van der Waals surface area contributed by atoms with E-state index < -0.39 is 0 Å². The van der Waals surface area contributed by atoms with Gasteiger partial charge < -0.3 is 0 Å². The first-order valence-electron chi connectivity index (χ1n) is 6.92. The van der Waals surface area contributed by atoms with Crippen molar-refractivity contribution < 1.29 is 4.79 Å². The number of hydrogen-bond donors (Lipinski definition) is 1. The van der Waals surface area contributed by atoms with Gasteiger partial charge in [0.25, 0.3) is 5.91 Å². The number of rotatable bonds is 4. The quantitative estimate of drug-likeness (QED) is 0.804. The lowest BCUT2D eigenvalue weighted by molar-refractivity contribution is 0.102. The number of amides is 1. The molecular formula is C16H16N4OS. The van der Waals surface area contributed by atoms with Gasteiger partial charge in [-0.1, -0.05) is 12.1 Å². The van der Waals surface area contributed by atoms with Crippen molar-refractivity contribution in [2.24, 2.45) is 0 Å². The van der Waals surface area contributed by atoms with Crippen molar-refractivity contribution in [3.63, 3.8) is 0 Å². The molecule has 3 rings (SSSR count). The minimum atomic E-state index is -0.146. The molecule has 5 nitrogen and oxygen atoms in total. The molecule has 0 bridgehead atoms. The van der Waals surface area contributed by atoms with Crippen LogP contribution in [0.4, 0.5) is 5.13 Å². The van der Waals surface area contributed by atoms with Crippen LogP contribution in [0.25, 0.3) is 0 Å². The Labute approximate surface area is 132 Å². The highest BCUT2D eigenvalue weighted by atomic mass is 32.1. The molecule has 22 heavy (non-hydrogen) atoms. The summed E-state index contributed by atoms with van der Waals surface area (Å²) in [5.41, 5.74) is 3.87. The Hall–Kier alpha value is -2.47. The van der Waals surface area contributed by atoms with E-state index in [4.69, 9.17) is 0 Å². The summed E-state index contributed by atoms with van der Waals surface area (Å²) in [5.74, 6) is -0.146. The standard InChI is InChI=1S/C16H16N4OS/c1-11-9-12(2)20(19-11)10-13-3-5-14(6-4-13)15(21)18-16-17-7-8-22-16/h3-9H,10H2,1-2H3,(H,17,18,21). The molecule has 0 saturated heterocycles. The predicted octanol–water partition coefficient (Wildman–Crippen LogP) is 3.26. The van der Waals surface area contributed by atoms with Gasteiger partial charge in [0.1, 0.15) is 0 Å². The van der Waals surface area contributed by atoms with E-state index in [1.807, 2.05) is 48.2 Å². The van der Waals surface area contributed by atoms with Crippen molar-refractivity contribution in [1.82, 2.24) is 14.8 Å². The van der Waals surface area contributed by atoms with E-state index in [1.165, 1.54) is 11.3 Å². The third-order valence-electron chi connectivity index (χ3n) is 3.30. The van der Waals surface area contributed by atoms with Crippen molar-refractivity contribution in [3.05, 3.63) is 64.4 Å². The van der Waals surface area contributed by atoms with Gasteiger partial charge in [-0.05, 0) is 37.6 Å². The Morgan fingerprint density at radius 1 is 1.27 bits per heavy atom. The largest absolute Gasteiger partial charge is 0.298 e. The van der Waals surface area contributed by atoms with Crippen molar-refractivity contribution in [1.29, 1.82) is 0 Å². The van der Waals surface area contributed by atoms with Gasteiger partial charge in [0.05, 0.1) is 12.2 Å². The van der Waals surface area contributed by atoms with Crippen LogP contribution < -0.4 is 5.32 Å². The van der Waals surface area contributed by atoms with Crippen LogP contribution in [-0.2, 0) is 6.54 Å². The van der Waals surface area contributed by atoms with Crippen molar-refractivity contribution >= 4 is 22.4 Å². The van der Waals surface area contributed by atoms with Gasteiger partial charge in [-0.15, -0.1) is 11.3 Å². The summed E-state index contributed by atoms with van der Waals surface area (Å²) in [6, 6.07) is 9.60. The number of aromatic nitrogens is 3. The maximum Gasteiger partial charge on any atom is 0.257 e. The lowest BCUT2D eigenvalue weighted by atomic mass is 10.1. The Bertz CT molecular complexity index is 775. The number of hydrogen-bond acceptors (Lipinski definition) is 4. The summed E-state index contributed by atoms with van der Waals surface area (Å²) in [4.78, 5) is 16.1. The number of nitrogens with zero attached hydrogens (tertiary/aromatic N) is 3. The molecule has 1 amide bonds. The number of nitrogens with one attached hydrogen (secondary N) is 1. The average molecular weight is 312 g/mol. The monoisotopic (exact) mass is 312 g/mol. The highest BCUT2D eigenvalue weighted by Gasteiger charge is 2.08. The molecule has 0 spiro atoms. The number of thiazole rings is 1. The number of benzene rings is 1. The zero-order chi connectivity index (χ0) is 15.5. The third kappa shape index (κ3) is 3.23. The van der Waals surface area contributed by atoms with Gasteiger partial charge in [-0.25, -0.2) is 4.98 Å². The minimum Gasteiger partial charge on any atom is -0.298 e. The van der Waals surface area contributed by atoms with E-state index >= 15 is 0 Å². The first kappa shape index (κ1) is 14.5. The second-order valence-corrected chi connectivity index (χ2v) is 5.97. The van der Waals surface area contributed by atoms with Gasteiger partial charge >= 0.3 is 0 Å². The molecule has 112 valence electrons. The fraction of sp³-hybridized carbons (Fsp3) is 0.188. The summed E-state index contributed by atoms with van der Waals surface area (Å²) >= 11 is 1.40. The van der Waals surface area contributed by atoms with E-state index in [2.05, 4.69) is 21.5 Å². The van der Waals surface area contributed by atoms with Crippen molar-refractivity contribution in [2.45, 2.75) is 20.4 Å². The molecule has 3 aromatic rings. The number of aryl methyl sites for hydroxylation is 2. The van der Waals surface area contributed by atoms with Crippen LogP contribution in [0.15, 0.2) is 41.9 Å². The minimum absolute atomic E-state index is 0.146. The fourth-order valence-corrected chi connectivity index (χ4v) is 2.75. The molecule has 6 heteroatoms. The van der Waals surface area contributed by atoms with Crippen molar-refractivity contribution in [2.75, 3.05) is 5.32 Å². The van der Waals surface area contributed by atoms with E-state index in [-0.39, 0.29) is 5.91 Å². The maximum absolute atomic E-state index is 12.1. The van der Waals surface area contributed by atoms with Crippen LogP contribution >= 0.6 is 11.3 Å².